The molecule has 0 spiro atoms. The standard InChI is InChI=1S/C15H20N2O3S/c1-20-13-5-3-2-4-12(13)15-16-10-14(18)17(15)11-6-8-21(19)9-7-11/h2-5,11,15-16H,6-10H2,1H3. The summed E-state index contributed by atoms with van der Waals surface area (Å²) in [6.45, 7) is 0.350. The first-order chi connectivity index (χ1) is 10.2. The third kappa shape index (κ3) is 2.82. The van der Waals surface area contributed by atoms with Gasteiger partial charge in [0.15, 0.2) is 0 Å². The molecule has 0 aromatic heterocycles. The van der Waals surface area contributed by atoms with Crippen LogP contribution in [-0.2, 0) is 15.6 Å². The Morgan fingerprint density at radius 3 is 2.71 bits per heavy atom. The van der Waals surface area contributed by atoms with E-state index in [2.05, 4.69) is 5.32 Å². The minimum atomic E-state index is -0.717. The minimum absolute atomic E-state index is 0.114. The molecule has 0 bridgehead atoms. The van der Waals surface area contributed by atoms with Crippen LogP contribution in [0, 0.1) is 0 Å². The predicted molar refractivity (Wildman–Crippen MR) is 81.5 cm³/mol. The molecule has 0 aliphatic carbocycles. The van der Waals surface area contributed by atoms with Crippen LogP contribution in [0.25, 0.3) is 0 Å². The van der Waals surface area contributed by atoms with Gasteiger partial charge in [-0.25, -0.2) is 0 Å². The van der Waals surface area contributed by atoms with Crippen molar-refractivity contribution in [2.24, 2.45) is 0 Å². The minimum Gasteiger partial charge on any atom is -0.496 e. The number of para-hydroxylation sites is 1. The van der Waals surface area contributed by atoms with E-state index in [1.54, 1.807) is 7.11 Å². The van der Waals surface area contributed by atoms with E-state index in [1.807, 2.05) is 29.2 Å². The van der Waals surface area contributed by atoms with Gasteiger partial charge in [0.2, 0.25) is 5.91 Å². The maximum atomic E-state index is 12.3. The van der Waals surface area contributed by atoms with E-state index in [4.69, 9.17) is 4.74 Å². The Bertz CT molecular complexity index is 554. The maximum absolute atomic E-state index is 12.3. The molecule has 1 unspecified atom stereocenters. The van der Waals surface area contributed by atoms with Crippen molar-refractivity contribution in [2.75, 3.05) is 25.2 Å². The fourth-order valence-corrected chi connectivity index (χ4v) is 4.42. The molecule has 1 aromatic rings. The highest BCUT2D eigenvalue weighted by Gasteiger charge is 2.38. The predicted octanol–water partition coefficient (Wildman–Crippen LogP) is 1.04. The molecule has 1 atom stereocenters. The Morgan fingerprint density at radius 1 is 1.29 bits per heavy atom. The smallest absolute Gasteiger partial charge is 0.238 e. The van der Waals surface area contributed by atoms with Crippen LogP contribution in [-0.4, -0.2) is 46.2 Å². The van der Waals surface area contributed by atoms with Crippen LogP contribution in [0.15, 0.2) is 24.3 Å². The molecule has 114 valence electrons. The average Bonchev–Trinajstić information content (AvgIpc) is 2.90. The third-order valence-corrected chi connectivity index (χ3v) is 5.58. The number of carbonyl (C=O) groups is 1. The number of methoxy groups -OCH3 is 1. The van der Waals surface area contributed by atoms with E-state index < -0.39 is 10.8 Å². The van der Waals surface area contributed by atoms with Crippen LogP contribution >= 0.6 is 0 Å². The monoisotopic (exact) mass is 308 g/mol. The quantitative estimate of drug-likeness (QED) is 0.906. The molecular weight excluding hydrogens is 288 g/mol. The van der Waals surface area contributed by atoms with Crippen LogP contribution < -0.4 is 10.1 Å². The Morgan fingerprint density at radius 2 is 2.00 bits per heavy atom. The van der Waals surface area contributed by atoms with Crippen molar-refractivity contribution in [2.45, 2.75) is 25.0 Å². The molecule has 1 aromatic carbocycles. The van der Waals surface area contributed by atoms with Gasteiger partial charge in [-0.15, -0.1) is 0 Å². The van der Waals surface area contributed by atoms with Crippen molar-refractivity contribution >= 4 is 16.7 Å². The lowest BCUT2D eigenvalue weighted by Crippen LogP contribution is -2.43. The van der Waals surface area contributed by atoms with Gasteiger partial charge in [0.25, 0.3) is 0 Å². The van der Waals surface area contributed by atoms with E-state index in [0.717, 1.165) is 24.2 Å². The van der Waals surface area contributed by atoms with Crippen LogP contribution in [0.2, 0.25) is 0 Å². The Balaban J connectivity index is 1.87. The van der Waals surface area contributed by atoms with Gasteiger partial charge in [-0.1, -0.05) is 18.2 Å². The normalized spacial score (nSPS) is 29.7. The number of amides is 1. The second-order valence-corrected chi connectivity index (χ2v) is 7.10. The fourth-order valence-electron chi connectivity index (χ4n) is 3.14. The SMILES string of the molecule is COc1ccccc1C1NCC(=O)N1C1CCS(=O)CC1. The van der Waals surface area contributed by atoms with Gasteiger partial charge in [0.1, 0.15) is 11.9 Å². The highest BCUT2D eigenvalue weighted by Crippen LogP contribution is 2.33. The summed E-state index contributed by atoms with van der Waals surface area (Å²) in [6.07, 6.45) is 1.47. The van der Waals surface area contributed by atoms with Crippen molar-refractivity contribution in [3.8, 4) is 5.75 Å². The molecule has 5 nitrogen and oxygen atoms in total. The first-order valence-corrected chi connectivity index (χ1v) is 8.72. The molecule has 6 heteroatoms. The van der Waals surface area contributed by atoms with E-state index >= 15 is 0 Å². The lowest BCUT2D eigenvalue weighted by molar-refractivity contribution is -0.130. The van der Waals surface area contributed by atoms with Gasteiger partial charge in [0, 0.05) is 33.9 Å². The lowest BCUT2D eigenvalue weighted by Gasteiger charge is -2.35. The number of nitrogens with zero attached hydrogens (tertiary/aromatic N) is 1. The third-order valence-electron chi connectivity index (χ3n) is 4.20. The van der Waals surface area contributed by atoms with E-state index in [0.29, 0.717) is 18.1 Å². The van der Waals surface area contributed by atoms with Crippen LogP contribution in [0.5, 0.6) is 5.75 Å². The zero-order valence-electron chi connectivity index (χ0n) is 12.1. The largest absolute Gasteiger partial charge is 0.496 e. The van der Waals surface area contributed by atoms with E-state index in [1.165, 1.54) is 0 Å². The molecule has 2 fully saturated rings. The van der Waals surface area contributed by atoms with Crippen molar-refractivity contribution in [1.82, 2.24) is 10.2 Å². The van der Waals surface area contributed by atoms with Gasteiger partial charge in [-0.3, -0.25) is 14.3 Å². The topological polar surface area (TPSA) is 58.6 Å². The Hall–Kier alpha value is -1.40. The first kappa shape index (κ1) is 14.5. The van der Waals surface area contributed by atoms with Gasteiger partial charge < -0.3 is 9.64 Å². The molecule has 1 amide bonds. The zero-order chi connectivity index (χ0) is 14.8. The van der Waals surface area contributed by atoms with Crippen LogP contribution in [0.4, 0.5) is 0 Å². The molecule has 1 N–H and O–H groups in total. The summed E-state index contributed by atoms with van der Waals surface area (Å²) in [4.78, 5) is 14.2. The molecule has 2 aliphatic heterocycles. The van der Waals surface area contributed by atoms with Crippen molar-refractivity contribution in [1.29, 1.82) is 0 Å². The second kappa shape index (κ2) is 6.15. The summed E-state index contributed by atoms with van der Waals surface area (Å²) in [7, 11) is 0.926. The first-order valence-electron chi connectivity index (χ1n) is 7.23. The summed E-state index contributed by atoms with van der Waals surface area (Å²) in [6, 6.07) is 7.95. The summed E-state index contributed by atoms with van der Waals surface area (Å²) in [5.41, 5.74) is 0.984. The number of hydrogen-bond donors (Lipinski definition) is 1. The highest BCUT2D eigenvalue weighted by molar-refractivity contribution is 7.85. The van der Waals surface area contributed by atoms with Gasteiger partial charge in [0.05, 0.1) is 13.7 Å². The van der Waals surface area contributed by atoms with Crippen LogP contribution in [0.1, 0.15) is 24.6 Å². The maximum Gasteiger partial charge on any atom is 0.238 e. The molecule has 2 heterocycles. The molecule has 21 heavy (non-hydrogen) atoms. The number of rotatable bonds is 3. The average molecular weight is 308 g/mol. The number of ether oxygens (including phenoxy) is 1. The molecule has 2 aliphatic rings. The van der Waals surface area contributed by atoms with Gasteiger partial charge >= 0.3 is 0 Å². The van der Waals surface area contributed by atoms with E-state index in [-0.39, 0.29) is 18.1 Å². The second-order valence-electron chi connectivity index (χ2n) is 5.41. The van der Waals surface area contributed by atoms with Crippen molar-refractivity contribution in [3.63, 3.8) is 0 Å². The number of hydrogen-bond acceptors (Lipinski definition) is 4. The fraction of sp³-hybridized carbons (Fsp3) is 0.533. The zero-order valence-corrected chi connectivity index (χ0v) is 12.9. The number of carbonyl (C=O) groups excluding carboxylic acids is 1. The molecule has 0 saturated carbocycles. The molecule has 2 saturated heterocycles. The summed E-state index contributed by atoms with van der Waals surface area (Å²) in [5, 5.41) is 3.28. The number of benzene rings is 1. The molecular formula is C15H20N2O3S. The summed E-state index contributed by atoms with van der Waals surface area (Å²) >= 11 is 0. The van der Waals surface area contributed by atoms with Gasteiger partial charge in [-0.05, 0) is 18.9 Å². The summed E-state index contributed by atoms with van der Waals surface area (Å²) in [5.74, 6) is 2.28. The molecule has 3 rings (SSSR count). The van der Waals surface area contributed by atoms with Gasteiger partial charge in [-0.2, -0.15) is 0 Å². The number of nitrogens with one attached hydrogen (secondary N) is 1. The lowest BCUT2D eigenvalue weighted by atomic mass is 10.1. The van der Waals surface area contributed by atoms with E-state index in [9.17, 15) is 9.00 Å². The Labute approximate surface area is 127 Å². The summed E-state index contributed by atoms with van der Waals surface area (Å²) < 4.78 is 16.9. The highest BCUT2D eigenvalue weighted by atomic mass is 32.2. The van der Waals surface area contributed by atoms with Crippen LogP contribution in [0.3, 0.4) is 0 Å². The van der Waals surface area contributed by atoms with Crippen molar-refractivity contribution in [3.05, 3.63) is 29.8 Å². The van der Waals surface area contributed by atoms with Crippen molar-refractivity contribution < 1.29 is 13.7 Å². The Kier molecular flexibility index (Phi) is 4.26. The molecule has 0 radical (unpaired) electrons.